The molecule has 0 aliphatic heterocycles. The Balaban J connectivity index is 4.28. The first-order valence-corrected chi connectivity index (χ1v) is 19.3. The smallest absolute Gasteiger partial charge is 0.391 e. The first-order valence-electron chi connectivity index (χ1n) is 17.8. The molecule has 0 spiro atoms. The third kappa shape index (κ3) is 29.7. The summed E-state index contributed by atoms with van der Waals surface area (Å²) in [6, 6.07) is -0.772. The molecule has 5 N–H and O–H groups in total. The number of aliphatic hydroxyl groups is 1. The first-order chi connectivity index (χ1) is 20.9. The zero-order valence-electron chi connectivity index (χ0n) is 28.0. The molecule has 3 atom stereocenters. The van der Waals surface area contributed by atoms with Crippen LogP contribution in [0.15, 0.2) is 12.2 Å². The molecule has 0 saturated carbocycles. The molecule has 8 nitrogen and oxygen atoms in total. The largest absolute Gasteiger partial charge is 0.472 e. The predicted molar refractivity (Wildman–Crippen MR) is 180 cm³/mol. The second kappa shape index (κ2) is 31.2. The Morgan fingerprint density at radius 1 is 0.744 bits per heavy atom. The number of nitrogens with two attached hydrogens (primary N) is 1. The van der Waals surface area contributed by atoms with Crippen LogP contribution in [0.3, 0.4) is 0 Å². The molecular formula is C34H69N2O6P. The molecule has 0 aromatic carbocycles. The molecule has 0 aliphatic rings. The van der Waals surface area contributed by atoms with Gasteiger partial charge in [-0.25, -0.2) is 4.57 Å². The van der Waals surface area contributed by atoms with Gasteiger partial charge in [0.05, 0.1) is 25.4 Å². The lowest BCUT2D eigenvalue weighted by Crippen LogP contribution is -2.46. The minimum absolute atomic E-state index is 0.0887. The molecule has 43 heavy (non-hydrogen) atoms. The minimum Gasteiger partial charge on any atom is -0.391 e. The van der Waals surface area contributed by atoms with Crippen LogP contribution in [0.25, 0.3) is 0 Å². The van der Waals surface area contributed by atoms with Gasteiger partial charge in [-0.3, -0.25) is 13.8 Å². The van der Waals surface area contributed by atoms with E-state index in [4.69, 9.17) is 14.8 Å². The van der Waals surface area contributed by atoms with Gasteiger partial charge in [-0.05, 0) is 32.1 Å². The minimum atomic E-state index is -4.30. The zero-order chi connectivity index (χ0) is 31.9. The van der Waals surface area contributed by atoms with Crippen molar-refractivity contribution in [3.05, 3.63) is 12.2 Å². The fraction of sp³-hybridized carbons (Fsp3) is 0.912. The number of aliphatic hydroxyl groups excluding tert-OH is 1. The summed E-state index contributed by atoms with van der Waals surface area (Å²) in [6.07, 6.45) is 30.7. The van der Waals surface area contributed by atoms with Crippen LogP contribution in [0.1, 0.15) is 168 Å². The van der Waals surface area contributed by atoms with Crippen molar-refractivity contribution in [2.45, 2.75) is 180 Å². The van der Waals surface area contributed by atoms with Gasteiger partial charge in [-0.15, -0.1) is 0 Å². The Hall–Kier alpha value is -0.760. The summed E-state index contributed by atoms with van der Waals surface area (Å²) in [5.41, 5.74) is 5.35. The predicted octanol–water partition coefficient (Wildman–Crippen LogP) is 8.88. The molecule has 0 saturated heterocycles. The third-order valence-electron chi connectivity index (χ3n) is 7.85. The van der Waals surface area contributed by atoms with Gasteiger partial charge in [-0.1, -0.05) is 142 Å². The number of carbonyl (C=O) groups excluding carboxylic acids is 1. The van der Waals surface area contributed by atoms with Gasteiger partial charge >= 0.3 is 7.82 Å². The highest BCUT2D eigenvalue weighted by atomic mass is 31.2. The molecule has 9 heteroatoms. The SMILES string of the molecule is CCC/C=C\CCCCCCCC(=O)NC(COP(=O)(O)OCCN)C(O)CCCCCCCCCCCCCCCC. The molecule has 0 bridgehead atoms. The van der Waals surface area contributed by atoms with Gasteiger partial charge < -0.3 is 21.1 Å². The Morgan fingerprint density at radius 2 is 1.26 bits per heavy atom. The molecule has 0 fully saturated rings. The second-order valence-corrected chi connectivity index (χ2v) is 13.5. The molecular weight excluding hydrogens is 563 g/mol. The van der Waals surface area contributed by atoms with Crippen molar-refractivity contribution in [1.82, 2.24) is 5.32 Å². The summed E-state index contributed by atoms with van der Waals surface area (Å²) >= 11 is 0. The topological polar surface area (TPSA) is 131 Å². The molecule has 256 valence electrons. The number of allylic oxidation sites excluding steroid dienone is 2. The van der Waals surface area contributed by atoms with Crippen molar-refractivity contribution in [3.63, 3.8) is 0 Å². The van der Waals surface area contributed by atoms with E-state index >= 15 is 0 Å². The van der Waals surface area contributed by atoms with Gasteiger partial charge in [-0.2, -0.15) is 0 Å². The monoisotopic (exact) mass is 632 g/mol. The maximum absolute atomic E-state index is 12.6. The Morgan fingerprint density at radius 3 is 1.81 bits per heavy atom. The van der Waals surface area contributed by atoms with Crippen LogP contribution in [-0.2, 0) is 18.4 Å². The number of rotatable bonds is 33. The molecule has 3 unspecified atom stereocenters. The first kappa shape index (κ1) is 42.2. The third-order valence-corrected chi connectivity index (χ3v) is 8.83. The highest BCUT2D eigenvalue weighted by Crippen LogP contribution is 2.43. The van der Waals surface area contributed by atoms with E-state index in [-0.39, 0.29) is 25.7 Å². The number of hydrogen-bond donors (Lipinski definition) is 4. The summed E-state index contributed by atoms with van der Waals surface area (Å²) in [5, 5.41) is 13.7. The van der Waals surface area contributed by atoms with E-state index in [2.05, 4.69) is 31.3 Å². The number of nitrogens with one attached hydrogen (secondary N) is 1. The van der Waals surface area contributed by atoms with Crippen LogP contribution in [0.4, 0.5) is 0 Å². The number of amides is 1. The van der Waals surface area contributed by atoms with Crippen LogP contribution in [0, 0.1) is 0 Å². The van der Waals surface area contributed by atoms with Gasteiger partial charge in [0.25, 0.3) is 0 Å². The lowest BCUT2D eigenvalue weighted by molar-refractivity contribution is -0.123. The standard InChI is InChI=1S/C34H69N2O6P/c1-3-5-7-9-11-13-15-16-17-18-19-21-23-25-27-33(37)32(31-42-43(39,40)41-30-29-35)36-34(38)28-26-24-22-20-14-12-10-8-6-4-2/h8,10,32-33,37H,3-7,9,11-31,35H2,1-2H3,(H,36,38)(H,39,40)/b10-8-. The van der Waals surface area contributed by atoms with E-state index in [9.17, 15) is 19.4 Å². The van der Waals surface area contributed by atoms with Crippen molar-refractivity contribution in [3.8, 4) is 0 Å². The highest BCUT2D eigenvalue weighted by Gasteiger charge is 2.27. The molecule has 0 rings (SSSR count). The number of phosphoric acid groups is 1. The lowest BCUT2D eigenvalue weighted by Gasteiger charge is -2.25. The summed E-state index contributed by atoms with van der Waals surface area (Å²) < 4.78 is 22.0. The number of unbranched alkanes of at least 4 members (excludes halogenated alkanes) is 19. The Labute approximate surface area is 265 Å². The summed E-state index contributed by atoms with van der Waals surface area (Å²) in [7, 11) is -4.30. The quantitative estimate of drug-likeness (QED) is 0.0323. The number of carbonyl (C=O) groups is 1. The van der Waals surface area contributed by atoms with Crippen molar-refractivity contribution in [2.24, 2.45) is 5.73 Å². The van der Waals surface area contributed by atoms with E-state index in [1.807, 2.05) is 0 Å². The van der Waals surface area contributed by atoms with Gasteiger partial charge in [0.1, 0.15) is 0 Å². The van der Waals surface area contributed by atoms with E-state index < -0.39 is 20.0 Å². The molecule has 0 heterocycles. The van der Waals surface area contributed by atoms with Crippen LogP contribution >= 0.6 is 7.82 Å². The molecule has 1 amide bonds. The average Bonchev–Trinajstić information content (AvgIpc) is 2.99. The summed E-state index contributed by atoms with van der Waals surface area (Å²) in [6.45, 7) is 4.12. The zero-order valence-corrected chi connectivity index (χ0v) is 28.8. The Kier molecular flexibility index (Phi) is 30.7. The van der Waals surface area contributed by atoms with Crippen LogP contribution in [0.2, 0.25) is 0 Å². The molecule has 0 aromatic heterocycles. The Bertz CT molecular complexity index is 694. The number of phosphoric ester groups is 1. The fourth-order valence-electron chi connectivity index (χ4n) is 5.14. The van der Waals surface area contributed by atoms with Gasteiger partial charge in [0.2, 0.25) is 5.91 Å². The number of hydrogen-bond acceptors (Lipinski definition) is 6. The average molecular weight is 633 g/mol. The maximum Gasteiger partial charge on any atom is 0.472 e. The molecule has 0 radical (unpaired) electrons. The van der Waals surface area contributed by atoms with Crippen LogP contribution < -0.4 is 11.1 Å². The highest BCUT2D eigenvalue weighted by molar-refractivity contribution is 7.47. The molecule has 0 aromatic rings. The van der Waals surface area contributed by atoms with Crippen LogP contribution in [0.5, 0.6) is 0 Å². The van der Waals surface area contributed by atoms with Crippen molar-refractivity contribution in [1.29, 1.82) is 0 Å². The van der Waals surface area contributed by atoms with Gasteiger partial charge in [0, 0.05) is 13.0 Å². The lowest BCUT2D eigenvalue weighted by atomic mass is 10.0. The summed E-state index contributed by atoms with van der Waals surface area (Å²) in [4.78, 5) is 22.5. The van der Waals surface area contributed by atoms with Crippen LogP contribution in [-0.4, -0.2) is 47.8 Å². The molecule has 0 aliphatic carbocycles. The van der Waals surface area contributed by atoms with Crippen molar-refractivity contribution >= 4 is 13.7 Å². The maximum atomic E-state index is 12.6. The van der Waals surface area contributed by atoms with Crippen molar-refractivity contribution in [2.75, 3.05) is 19.8 Å². The van der Waals surface area contributed by atoms with Gasteiger partial charge in [0.15, 0.2) is 0 Å². The van der Waals surface area contributed by atoms with E-state index in [1.54, 1.807) is 0 Å². The second-order valence-electron chi connectivity index (χ2n) is 12.1. The van der Waals surface area contributed by atoms with Crippen molar-refractivity contribution < 1.29 is 28.4 Å². The van der Waals surface area contributed by atoms with E-state index in [0.29, 0.717) is 12.8 Å². The van der Waals surface area contributed by atoms with E-state index in [0.717, 1.165) is 57.8 Å². The van der Waals surface area contributed by atoms with E-state index in [1.165, 1.54) is 83.5 Å². The summed E-state index contributed by atoms with van der Waals surface area (Å²) in [5.74, 6) is -0.174. The fourth-order valence-corrected chi connectivity index (χ4v) is 5.90. The normalized spacial score (nSPS) is 14.6.